The zero-order chi connectivity index (χ0) is 72.4. The summed E-state index contributed by atoms with van der Waals surface area (Å²) in [5.74, 6) is 0.773. The van der Waals surface area contributed by atoms with Crippen molar-refractivity contribution in [1.82, 2.24) is 39.1 Å². The number of imidazole rings is 1. The van der Waals surface area contributed by atoms with Gasteiger partial charge in [0.2, 0.25) is 0 Å². The minimum Gasteiger partial charge on any atom is -0.497 e. The number of hydrogen-bond donors (Lipinski definition) is 5. The summed E-state index contributed by atoms with van der Waals surface area (Å²) in [4.78, 5) is 69.5. The maximum Gasteiger partial charge on any atom is 0.475 e. The van der Waals surface area contributed by atoms with Gasteiger partial charge in [0, 0.05) is 67.8 Å². The fraction of sp³-hybridized carbons (Fsp3) is 0.365. The molecule has 2 amide bonds. The molecule has 4 unspecified atom stereocenters. The van der Waals surface area contributed by atoms with E-state index in [2.05, 4.69) is 59.5 Å². The van der Waals surface area contributed by atoms with E-state index in [1.54, 1.807) is 50.0 Å². The highest BCUT2D eigenvalue weighted by Gasteiger charge is 2.49. The maximum atomic E-state index is 15.7. The van der Waals surface area contributed by atoms with E-state index in [0.29, 0.717) is 33.8 Å². The third-order valence-corrected chi connectivity index (χ3v) is 21.8. The van der Waals surface area contributed by atoms with Gasteiger partial charge in [-0.15, -0.1) is 0 Å². The van der Waals surface area contributed by atoms with Crippen LogP contribution in [0.1, 0.15) is 108 Å². The molecule has 7 N–H and O–H groups in total. The molecule has 1 aliphatic carbocycles. The number of carbonyl (C=O) groups excluding carboxylic acids is 2. The van der Waals surface area contributed by atoms with Crippen molar-refractivity contribution in [2.24, 2.45) is 11.5 Å². The van der Waals surface area contributed by atoms with Crippen LogP contribution in [0.5, 0.6) is 11.5 Å². The zero-order valence-electron chi connectivity index (χ0n) is 58.2. The van der Waals surface area contributed by atoms with Gasteiger partial charge in [0.1, 0.15) is 60.8 Å². The van der Waals surface area contributed by atoms with Crippen molar-refractivity contribution in [3.8, 4) is 22.6 Å². The summed E-state index contributed by atoms with van der Waals surface area (Å²) < 4.78 is 91.1. The summed E-state index contributed by atoms with van der Waals surface area (Å²) in [6, 6.07) is 47.4. The highest BCUT2D eigenvalue weighted by atomic mass is 31.2. The summed E-state index contributed by atoms with van der Waals surface area (Å²) in [6.45, 7) is 9.31. The van der Waals surface area contributed by atoms with Crippen LogP contribution in [0.4, 0.5) is 10.6 Å². The summed E-state index contributed by atoms with van der Waals surface area (Å²) in [6.07, 6.45) is -2.48. The monoisotopic (exact) mass is 1450 g/mol. The van der Waals surface area contributed by atoms with Gasteiger partial charge < -0.3 is 59.6 Å². The molecule has 27 nitrogen and oxygen atoms in total. The number of H-pyrrole nitrogens is 1. The average Bonchev–Trinajstić information content (AvgIpc) is 1.64. The molecule has 6 aromatic carbocycles. The normalized spacial score (nSPS) is 19.0. The quantitative estimate of drug-likeness (QED) is 0.0193. The Kier molecular flexibility index (Phi) is 23.8. The third kappa shape index (κ3) is 16.5. The first kappa shape index (κ1) is 73.8. The van der Waals surface area contributed by atoms with Gasteiger partial charge in [-0.25, -0.2) is 33.8 Å². The summed E-state index contributed by atoms with van der Waals surface area (Å²) in [5.41, 5.74) is 17.9. The van der Waals surface area contributed by atoms with Crippen LogP contribution in [0.25, 0.3) is 22.3 Å². The van der Waals surface area contributed by atoms with Crippen LogP contribution in [-0.4, -0.2) is 143 Å². The number of ether oxygens (including phenoxy) is 6. The Morgan fingerprint density at radius 1 is 0.709 bits per heavy atom. The summed E-state index contributed by atoms with van der Waals surface area (Å²) in [7, 11) is -3.46. The molecule has 9 aromatic rings. The van der Waals surface area contributed by atoms with Crippen molar-refractivity contribution in [1.29, 1.82) is 0 Å². The van der Waals surface area contributed by atoms with Crippen LogP contribution in [0.2, 0.25) is 0 Å². The number of fused-ring (bicyclic) bond motifs is 4. The molecule has 2 saturated heterocycles. The molecule has 2 fully saturated rings. The number of phosphoric ester groups is 1. The van der Waals surface area contributed by atoms with Gasteiger partial charge in [-0.1, -0.05) is 115 Å². The molecule has 0 spiro atoms. The first-order chi connectivity index (χ1) is 49.9. The second-order valence-electron chi connectivity index (χ2n) is 25.5. The number of aromatic amines is 1. The van der Waals surface area contributed by atoms with E-state index in [1.807, 2.05) is 131 Å². The van der Waals surface area contributed by atoms with E-state index in [1.165, 1.54) is 23.4 Å². The highest BCUT2D eigenvalue weighted by Crippen LogP contribution is 2.56. The molecular formula is C74H85N11O16P2. The largest absolute Gasteiger partial charge is 0.497 e. The number of rotatable bonds is 32. The molecule has 8 atom stereocenters. The lowest BCUT2D eigenvalue weighted by molar-refractivity contribution is -0.0959. The molecule has 29 heteroatoms. The van der Waals surface area contributed by atoms with Crippen LogP contribution in [-0.2, 0) is 58.3 Å². The lowest BCUT2D eigenvalue weighted by Gasteiger charge is -2.37. The number of benzene rings is 6. The smallest absolute Gasteiger partial charge is 0.475 e. The lowest BCUT2D eigenvalue weighted by Crippen LogP contribution is -2.39. The van der Waals surface area contributed by atoms with Crippen molar-refractivity contribution < 1.29 is 65.2 Å². The van der Waals surface area contributed by atoms with Crippen molar-refractivity contribution in [3.63, 3.8) is 0 Å². The Labute approximate surface area is 597 Å². The molecule has 0 radical (unpaired) electrons. The average molecular weight is 1450 g/mol. The standard InChI is InChI=1S/C74H85N11O16P2/c1-46(2)85(47(3)4)102(95-35-33-75)100-61-37-66(84-45-80-67-68(78-44-79-69(67)84)81-71(87)50-23-21-49(22-24-50)39-77-73(89)93-41-60-58-19-13-11-17-56(58)57-18-12-14-20-59(57)60)99-64(61)43-97-103(90,96-36-34-76)101-62-38-65(83-40-48(5)70(86)82-72(83)88)98-63(62)42-94-74(51-15-9-8-10-16-51,52-25-29-54(91-6)30-26-52)53-27-31-55(92-7)32-28-53/h8-32,40,44-47,60-66H,33-39,41-43,75-76H2,1-7H3,(H,77,89)(H,82,86,88)(H,78,79,81,87)/t61?,62?,63-,64-,65-,66-,102?,103?/m1/s1. The first-order valence-corrected chi connectivity index (χ1v) is 36.6. The Balaban J connectivity index is 0.787. The van der Waals surface area contributed by atoms with Gasteiger partial charge in [0.15, 0.2) is 17.0 Å². The van der Waals surface area contributed by atoms with E-state index >= 15 is 4.57 Å². The van der Waals surface area contributed by atoms with Crippen molar-refractivity contribution >= 4 is 45.3 Å². The number of anilines is 1. The van der Waals surface area contributed by atoms with Crippen LogP contribution in [0.15, 0.2) is 180 Å². The van der Waals surface area contributed by atoms with E-state index in [0.717, 1.165) is 33.4 Å². The molecule has 5 heterocycles. The van der Waals surface area contributed by atoms with Gasteiger partial charge in [-0.3, -0.25) is 37.3 Å². The molecule has 0 bridgehead atoms. The number of aromatic nitrogens is 6. The van der Waals surface area contributed by atoms with Gasteiger partial charge in [-0.05, 0) is 116 Å². The second kappa shape index (κ2) is 33.3. The van der Waals surface area contributed by atoms with Crippen LogP contribution >= 0.6 is 16.3 Å². The third-order valence-electron chi connectivity index (χ3n) is 18.2. The minimum absolute atomic E-state index is 0.0508. The van der Waals surface area contributed by atoms with Crippen LogP contribution in [0, 0.1) is 6.92 Å². The number of aryl methyl sites for hydroxylation is 1. The van der Waals surface area contributed by atoms with Crippen LogP contribution in [0.3, 0.4) is 0 Å². The van der Waals surface area contributed by atoms with Gasteiger partial charge in [0.05, 0.1) is 53.1 Å². The summed E-state index contributed by atoms with van der Waals surface area (Å²) >= 11 is 0. The van der Waals surface area contributed by atoms with Crippen molar-refractivity contribution in [2.75, 3.05) is 65.7 Å². The molecule has 3 aromatic heterocycles. The first-order valence-electron chi connectivity index (χ1n) is 34.0. The van der Waals surface area contributed by atoms with E-state index in [-0.39, 0.29) is 93.8 Å². The topological polar surface area (TPSA) is 331 Å². The maximum absolute atomic E-state index is 15.7. The Hall–Kier alpha value is -8.89. The second-order valence-corrected chi connectivity index (χ2v) is 28.5. The number of nitrogens with one attached hydrogen (secondary N) is 3. The molecule has 12 rings (SSSR count). The zero-order valence-corrected chi connectivity index (χ0v) is 60.0. The molecular weight excluding hydrogens is 1360 g/mol. The number of phosphoric acid groups is 1. The van der Waals surface area contributed by atoms with Crippen LogP contribution < -0.4 is 42.8 Å². The molecule has 0 saturated carbocycles. The lowest BCUT2D eigenvalue weighted by atomic mass is 9.80. The fourth-order valence-corrected chi connectivity index (χ4v) is 16.4. The van der Waals surface area contributed by atoms with E-state index in [4.69, 9.17) is 62.5 Å². The number of nitrogens with two attached hydrogens (primary N) is 2. The molecule has 3 aliphatic rings. The minimum atomic E-state index is -4.78. The van der Waals surface area contributed by atoms with Crippen molar-refractivity contribution in [2.45, 2.75) is 114 Å². The highest BCUT2D eigenvalue weighted by molar-refractivity contribution is 7.48. The number of carbonyl (C=O) groups is 2. The fourth-order valence-electron chi connectivity index (χ4n) is 13.2. The predicted molar refractivity (Wildman–Crippen MR) is 385 cm³/mol. The molecule has 103 heavy (non-hydrogen) atoms. The van der Waals surface area contributed by atoms with E-state index < -0.39 is 88.7 Å². The molecule has 2 aliphatic heterocycles. The van der Waals surface area contributed by atoms with Gasteiger partial charge in [0.25, 0.3) is 20.0 Å². The Morgan fingerprint density at radius 3 is 1.92 bits per heavy atom. The number of nitrogens with zero attached hydrogens (tertiary/aromatic N) is 6. The number of hydrogen-bond acceptors (Lipinski definition) is 22. The SMILES string of the molecule is COc1ccc(C(OC[C@H]2O[C@@H](n3cc(C)c(=O)[nH]c3=O)CC2OP(=O)(OCCN)OC[C@H]2O[C@@H](n3cnc4c(NC(=O)c5ccc(CNC(=O)OCC6c7ccccc7-c7ccccc76)cc5)ncnc43)CC2OP(OCCN)N(C(C)C)C(C)C)(c2ccccc2)c2ccc(OC)cc2)cc1. The van der Waals surface area contributed by atoms with Crippen molar-refractivity contribution in [3.05, 3.63) is 236 Å². The Morgan fingerprint density at radius 2 is 1.30 bits per heavy atom. The van der Waals surface area contributed by atoms with E-state index in [9.17, 15) is 19.2 Å². The number of alkyl carbamates (subject to hydrolysis) is 1. The van der Waals surface area contributed by atoms with Gasteiger partial charge in [-0.2, -0.15) is 0 Å². The Bertz CT molecular complexity index is 4450. The number of amides is 2. The summed E-state index contributed by atoms with van der Waals surface area (Å²) in [5, 5.41) is 5.71. The predicted octanol–water partition coefficient (Wildman–Crippen LogP) is 10.8. The molecule has 542 valence electrons. The van der Waals surface area contributed by atoms with Gasteiger partial charge >= 0.3 is 19.6 Å². The number of methoxy groups -OCH3 is 2.